The molecule has 0 bridgehead atoms. The Morgan fingerprint density at radius 1 is 1.07 bits per heavy atom. The summed E-state index contributed by atoms with van der Waals surface area (Å²) in [6.07, 6.45) is 7.90. The molecular formula is C22H29N3O2. The lowest BCUT2D eigenvalue weighted by molar-refractivity contribution is -0.132. The van der Waals surface area contributed by atoms with Gasteiger partial charge in [0.05, 0.1) is 0 Å². The van der Waals surface area contributed by atoms with E-state index in [1.54, 1.807) is 0 Å². The summed E-state index contributed by atoms with van der Waals surface area (Å²) in [6, 6.07) is 8.61. The summed E-state index contributed by atoms with van der Waals surface area (Å²) in [7, 11) is 0. The van der Waals surface area contributed by atoms with Crippen LogP contribution in [0.25, 0.3) is 0 Å². The van der Waals surface area contributed by atoms with Gasteiger partial charge in [-0.1, -0.05) is 37.1 Å². The first kappa shape index (κ1) is 18.2. The van der Waals surface area contributed by atoms with Crippen molar-refractivity contribution in [1.82, 2.24) is 15.1 Å². The summed E-state index contributed by atoms with van der Waals surface area (Å²) >= 11 is 0. The van der Waals surface area contributed by atoms with E-state index in [0.29, 0.717) is 30.6 Å². The molecular weight excluding hydrogens is 338 g/mol. The highest BCUT2D eigenvalue weighted by Crippen LogP contribution is 2.33. The molecule has 0 N–H and O–H groups in total. The highest BCUT2D eigenvalue weighted by molar-refractivity contribution is 5.76. The number of amides is 1. The first-order valence-electron chi connectivity index (χ1n) is 10.4. The second-order valence-electron chi connectivity index (χ2n) is 8.03. The normalized spacial score (nSPS) is 18.9. The summed E-state index contributed by atoms with van der Waals surface area (Å²) in [5.74, 6) is 2.59. The number of piperidine rings is 1. The number of carbonyl (C=O) groups excluding carboxylic acids is 1. The zero-order valence-corrected chi connectivity index (χ0v) is 16.2. The molecule has 1 aromatic heterocycles. The molecule has 0 atom stereocenters. The van der Waals surface area contributed by atoms with Crippen LogP contribution in [0.3, 0.4) is 0 Å². The van der Waals surface area contributed by atoms with Crippen LogP contribution in [0.2, 0.25) is 0 Å². The number of carbonyl (C=O) groups is 1. The van der Waals surface area contributed by atoms with Gasteiger partial charge >= 0.3 is 0 Å². The summed E-state index contributed by atoms with van der Waals surface area (Å²) in [5, 5.41) is 8.35. The molecule has 2 heterocycles. The van der Waals surface area contributed by atoms with Crippen molar-refractivity contribution < 1.29 is 9.21 Å². The van der Waals surface area contributed by atoms with Crippen molar-refractivity contribution in [2.24, 2.45) is 0 Å². The number of benzene rings is 1. The second kappa shape index (κ2) is 8.24. The van der Waals surface area contributed by atoms with Gasteiger partial charge in [-0.15, -0.1) is 10.2 Å². The van der Waals surface area contributed by atoms with E-state index < -0.39 is 0 Å². The van der Waals surface area contributed by atoms with Crippen LogP contribution >= 0.6 is 0 Å². The molecule has 1 amide bonds. The van der Waals surface area contributed by atoms with Gasteiger partial charge in [0.15, 0.2) is 0 Å². The summed E-state index contributed by atoms with van der Waals surface area (Å²) in [4.78, 5) is 14.6. The maximum Gasteiger partial charge on any atom is 0.223 e. The van der Waals surface area contributed by atoms with E-state index >= 15 is 0 Å². The fourth-order valence-corrected chi connectivity index (χ4v) is 4.56. The number of likely N-dealkylation sites (tertiary alicyclic amines) is 1. The average Bonchev–Trinajstić information content (AvgIpc) is 3.38. The van der Waals surface area contributed by atoms with Crippen molar-refractivity contribution in [3.63, 3.8) is 0 Å². The zero-order valence-electron chi connectivity index (χ0n) is 16.2. The Bertz CT molecular complexity index is 771. The molecule has 27 heavy (non-hydrogen) atoms. The summed E-state index contributed by atoms with van der Waals surface area (Å²) < 4.78 is 5.80. The Hall–Kier alpha value is -2.17. The minimum Gasteiger partial charge on any atom is -0.425 e. The van der Waals surface area contributed by atoms with E-state index in [1.165, 1.54) is 24.0 Å². The maximum atomic E-state index is 12.6. The van der Waals surface area contributed by atoms with Gasteiger partial charge in [0.2, 0.25) is 17.7 Å². The van der Waals surface area contributed by atoms with Crippen molar-refractivity contribution in [2.45, 2.75) is 70.1 Å². The van der Waals surface area contributed by atoms with Gasteiger partial charge in [0, 0.05) is 31.8 Å². The molecule has 2 fully saturated rings. The standard InChI is InChI=1S/C22H29N3O2/c1-16-6-2-5-9-19(16)17-12-14-25(15-13-17)21(26)11-10-20-23-24-22(27-20)18-7-3-4-8-18/h2,5-6,9,17-18H,3-4,7-8,10-15H2,1H3. The number of aromatic nitrogens is 2. The monoisotopic (exact) mass is 367 g/mol. The third kappa shape index (κ3) is 4.23. The predicted octanol–water partition coefficient (Wildman–Crippen LogP) is 4.37. The van der Waals surface area contributed by atoms with Gasteiger partial charge < -0.3 is 9.32 Å². The lowest BCUT2D eigenvalue weighted by Crippen LogP contribution is -2.38. The van der Waals surface area contributed by atoms with Crippen LogP contribution in [0.15, 0.2) is 28.7 Å². The molecule has 1 aromatic carbocycles. The number of nitrogens with zero attached hydrogens (tertiary/aromatic N) is 3. The number of rotatable bonds is 5. The number of hydrogen-bond donors (Lipinski definition) is 0. The molecule has 5 nitrogen and oxygen atoms in total. The highest BCUT2D eigenvalue weighted by atomic mass is 16.4. The lowest BCUT2D eigenvalue weighted by Gasteiger charge is -2.33. The van der Waals surface area contributed by atoms with E-state index in [9.17, 15) is 4.79 Å². The maximum absolute atomic E-state index is 12.6. The van der Waals surface area contributed by atoms with Crippen molar-refractivity contribution >= 4 is 5.91 Å². The van der Waals surface area contributed by atoms with E-state index in [2.05, 4.69) is 41.4 Å². The van der Waals surface area contributed by atoms with E-state index in [1.807, 2.05) is 4.90 Å². The Morgan fingerprint density at radius 3 is 2.56 bits per heavy atom. The smallest absolute Gasteiger partial charge is 0.223 e. The SMILES string of the molecule is Cc1ccccc1C1CCN(C(=O)CCc2nnc(C3CCCC3)o2)CC1. The Morgan fingerprint density at radius 2 is 1.81 bits per heavy atom. The molecule has 1 saturated carbocycles. The molecule has 2 aliphatic rings. The van der Waals surface area contributed by atoms with Gasteiger partial charge in [-0.3, -0.25) is 4.79 Å². The minimum atomic E-state index is 0.207. The first-order chi connectivity index (χ1) is 13.2. The number of aryl methyl sites for hydroxylation is 2. The van der Waals surface area contributed by atoms with Crippen LogP contribution in [0.4, 0.5) is 0 Å². The van der Waals surface area contributed by atoms with Crippen LogP contribution in [0.1, 0.15) is 79.7 Å². The van der Waals surface area contributed by atoms with Crippen molar-refractivity contribution in [1.29, 1.82) is 0 Å². The molecule has 0 unspecified atom stereocenters. The van der Waals surface area contributed by atoms with E-state index in [-0.39, 0.29) is 5.91 Å². The average molecular weight is 367 g/mol. The quantitative estimate of drug-likeness (QED) is 0.787. The Balaban J connectivity index is 1.25. The molecule has 0 spiro atoms. The van der Waals surface area contributed by atoms with Crippen molar-refractivity contribution in [3.05, 3.63) is 47.2 Å². The molecule has 144 valence electrons. The molecule has 5 heteroatoms. The minimum absolute atomic E-state index is 0.207. The van der Waals surface area contributed by atoms with Gasteiger partial charge in [-0.05, 0) is 49.7 Å². The molecule has 4 rings (SSSR count). The molecule has 1 aliphatic carbocycles. The van der Waals surface area contributed by atoms with Gasteiger partial charge in [-0.2, -0.15) is 0 Å². The molecule has 2 aromatic rings. The number of hydrogen-bond acceptors (Lipinski definition) is 4. The zero-order chi connectivity index (χ0) is 18.6. The van der Waals surface area contributed by atoms with Gasteiger partial charge in [-0.25, -0.2) is 0 Å². The van der Waals surface area contributed by atoms with Gasteiger partial charge in [0.1, 0.15) is 0 Å². The molecule has 1 saturated heterocycles. The van der Waals surface area contributed by atoms with Crippen LogP contribution in [0.5, 0.6) is 0 Å². The molecule has 0 radical (unpaired) electrons. The third-order valence-electron chi connectivity index (χ3n) is 6.22. The Kier molecular flexibility index (Phi) is 5.55. The summed E-state index contributed by atoms with van der Waals surface area (Å²) in [6.45, 7) is 3.86. The third-order valence-corrected chi connectivity index (χ3v) is 6.22. The van der Waals surface area contributed by atoms with Gasteiger partial charge in [0.25, 0.3) is 0 Å². The second-order valence-corrected chi connectivity index (χ2v) is 8.03. The van der Waals surface area contributed by atoms with Crippen molar-refractivity contribution in [2.75, 3.05) is 13.1 Å². The first-order valence-corrected chi connectivity index (χ1v) is 10.4. The predicted molar refractivity (Wildman–Crippen MR) is 104 cm³/mol. The Labute approximate surface area is 161 Å². The van der Waals surface area contributed by atoms with Crippen LogP contribution < -0.4 is 0 Å². The van der Waals surface area contributed by atoms with E-state index in [0.717, 1.165) is 44.7 Å². The van der Waals surface area contributed by atoms with E-state index in [4.69, 9.17) is 4.42 Å². The molecule has 1 aliphatic heterocycles. The fourth-order valence-electron chi connectivity index (χ4n) is 4.56. The summed E-state index contributed by atoms with van der Waals surface area (Å²) in [5.41, 5.74) is 2.80. The fraction of sp³-hybridized carbons (Fsp3) is 0.591. The van der Waals surface area contributed by atoms with Crippen LogP contribution in [-0.4, -0.2) is 34.1 Å². The topological polar surface area (TPSA) is 59.2 Å². The van der Waals surface area contributed by atoms with Crippen LogP contribution in [-0.2, 0) is 11.2 Å². The largest absolute Gasteiger partial charge is 0.425 e. The van der Waals surface area contributed by atoms with Crippen LogP contribution in [0, 0.1) is 6.92 Å². The highest BCUT2D eigenvalue weighted by Gasteiger charge is 2.26. The van der Waals surface area contributed by atoms with Crippen molar-refractivity contribution in [3.8, 4) is 0 Å². The lowest BCUT2D eigenvalue weighted by atomic mass is 9.87.